The Labute approximate surface area is 119 Å². The number of amides is 1. The number of allylic oxidation sites excluding steroid dienone is 1. The van der Waals surface area contributed by atoms with Crippen molar-refractivity contribution in [2.24, 2.45) is 0 Å². The van der Waals surface area contributed by atoms with Crippen molar-refractivity contribution in [1.29, 1.82) is 0 Å². The summed E-state index contributed by atoms with van der Waals surface area (Å²) >= 11 is 0. The third kappa shape index (κ3) is 3.48. The highest BCUT2D eigenvalue weighted by atomic mass is 16.3. The van der Waals surface area contributed by atoms with Crippen LogP contribution in [0.3, 0.4) is 0 Å². The maximum absolute atomic E-state index is 12.0. The van der Waals surface area contributed by atoms with Crippen LogP contribution in [-0.2, 0) is 11.3 Å². The minimum absolute atomic E-state index is 0.104. The molecule has 0 atom stereocenters. The van der Waals surface area contributed by atoms with Gasteiger partial charge in [0, 0.05) is 37.0 Å². The first kappa shape index (κ1) is 14.8. The zero-order valence-electron chi connectivity index (χ0n) is 12.2. The van der Waals surface area contributed by atoms with Crippen LogP contribution in [0, 0.1) is 0 Å². The molecule has 0 radical (unpaired) electrons. The SMILES string of the molecule is CC(C)=CC(=O)N1CCC(c2ccnn2CCO)CC1. The summed E-state index contributed by atoms with van der Waals surface area (Å²) in [6.45, 7) is 6.11. The van der Waals surface area contributed by atoms with E-state index in [4.69, 9.17) is 5.11 Å². The Kier molecular flexibility index (Phi) is 4.95. The Morgan fingerprint density at radius 1 is 1.45 bits per heavy atom. The van der Waals surface area contributed by atoms with E-state index in [2.05, 4.69) is 5.10 Å². The molecular weight excluding hydrogens is 254 g/mol. The normalized spacial score (nSPS) is 16.2. The summed E-state index contributed by atoms with van der Waals surface area (Å²) in [6.07, 6.45) is 5.40. The molecule has 2 rings (SSSR count). The Balaban J connectivity index is 1.95. The van der Waals surface area contributed by atoms with Gasteiger partial charge < -0.3 is 10.0 Å². The van der Waals surface area contributed by atoms with Crippen molar-refractivity contribution < 1.29 is 9.90 Å². The van der Waals surface area contributed by atoms with E-state index < -0.39 is 0 Å². The number of rotatable bonds is 4. The number of carbonyl (C=O) groups is 1. The number of hydrogen-bond acceptors (Lipinski definition) is 3. The van der Waals surface area contributed by atoms with Gasteiger partial charge >= 0.3 is 0 Å². The standard InChI is InChI=1S/C15H23N3O2/c1-12(2)11-15(20)17-7-4-13(5-8-17)14-3-6-16-18(14)9-10-19/h3,6,11,13,19H,4-5,7-10H2,1-2H3. The van der Waals surface area contributed by atoms with Gasteiger partial charge in [0.15, 0.2) is 0 Å². The summed E-state index contributed by atoms with van der Waals surface area (Å²) < 4.78 is 1.87. The highest BCUT2D eigenvalue weighted by Crippen LogP contribution is 2.27. The maximum atomic E-state index is 12.0. The summed E-state index contributed by atoms with van der Waals surface area (Å²) in [7, 11) is 0. The lowest BCUT2D eigenvalue weighted by Gasteiger charge is -2.31. The van der Waals surface area contributed by atoms with E-state index in [9.17, 15) is 4.79 Å². The van der Waals surface area contributed by atoms with Gasteiger partial charge in [-0.3, -0.25) is 9.48 Å². The number of nitrogens with zero attached hydrogens (tertiary/aromatic N) is 3. The molecule has 0 aliphatic carbocycles. The van der Waals surface area contributed by atoms with E-state index in [-0.39, 0.29) is 12.5 Å². The Morgan fingerprint density at radius 3 is 2.75 bits per heavy atom. The number of aliphatic hydroxyl groups excluding tert-OH is 1. The second-order valence-electron chi connectivity index (χ2n) is 5.52. The Bertz CT molecular complexity index is 481. The van der Waals surface area contributed by atoms with Gasteiger partial charge in [0.25, 0.3) is 0 Å². The van der Waals surface area contributed by atoms with Gasteiger partial charge in [0.2, 0.25) is 5.91 Å². The number of likely N-dealkylation sites (tertiary alicyclic amines) is 1. The molecule has 1 saturated heterocycles. The van der Waals surface area contributed by atoms with Crippen LogP contribution in [0.2, 0.25) is 0 Å². The molecule has 20 heavy (non-hydrogen) atoms. The summed E-state index contributed by atoms with van der Waals surface area (Å²) in [5.74, 6) is 0.548. The lowest BCUT2D eigenvalue weighted by atomic mass is 9.93. The lowest BCUT2D eigenvalue weighted by Crippen LogP contribution is -2.37. The lowest BCUT2D eigenvalue weighted by molar-refractivity contribution is -0.127. The molecule has 5 heteroatoms. The van der Waals surface area contributed by atoms with Gasteiger partial charge in [-0.05, 0) is 32.8 Å². The average Bonchev–Trinajstić information content (AvgIpc) is 2.87. The van der Waals surface area contributed by atoms with Crippen LogP contribution in [0.15, 0.2) is 23.9 Å². The van der Waals surface area contributed by atoms with Crippen LogP contribution < -0.4 is 0 Å². The zero-order chi connectivity index (χ0) is 14.5. The smallest absolute Gasteiger partial charge is 0.246 e. The highest BCUT2D eigenvalue weighted by molar-refractivity contribution is 5.88. The first-order valence-electron chi connectivity index (χ1n) is 7.18. The molecule has 0 saturated carbocycles. The van der Waals surface area contributed by atoms with Crippen LogP contribution in [0.25, 0.3) is 0 Å². The second-order valence-corrected chi connectivity index (χ2v) is 5.52. The van der Waals surface area contributed by atoms with Gasteiger partial charge in [-0.15, -0.1) is 0 Å². The second kappa shape index (κ2) is 6.70. The third-order valence-electron chi connectivity index (χ3n) is 3.70. The van der Waals surface area contributed by atoms with Gasteiger partial charge in [-0.1, -0.05) is 5.57 Å². The molecule has 0 aromatic carbocycles. The first-order chi connectivity index (χ1) is 9.61. The number of piperidine rings is 1. The average molecular weight is 277 g/mol. The van der Waals surface area contributed by atoms with Crippen LogP contribution in [0.4, 0.5) is 0 Å². The van der Waals surface area contributed by atoms with Crippen LogP contribution in [-0.4, -0.2) is 45.4 Å². The van der Waals surface area contributed by atoms with Gasteiger partial charge in [-0.2, -0.15) is 5.10 Å². The maximum Gasteiger partial charge on any atom is 0.246 e. The number of hydrogen-bond donors (Lipinski definition) is 1. The van der Waals surface area contributed by atoms with Crippen LogP contribution in [0.1, 0.15) is 38.3 Å². The summed E-state index contributed by atoms with van der Waals surface area (Å²) in [5.41, 5.74) is 2.21. The van der Waals surface area contributed by atoms with E-state index in [1.807, 2.05) is 29.5 Å². The Hall–Kier alpha value is -1.62. The molecule has 1 aromatic heterocycles. The minimum atomic E-state index is 0.104. The fourth-order valence-electron chi connectivity index (χ4n) is 2.71. The van der Waals surface area contributed by atoms with Crippen molar-refractivity contribution in [3.05, 3.63) is 29.6 Å². The molecule has 2 heterocycles. The third-order valence-corrected chi connectivity index (χ3v) is 3.70. The molecule has 1 N–H and O–H groups in total. The molecule has 1 aliphatic heterocycles. The van der Waals surface area contributed by atoms with E-state index in [0.29, 0.717) is 12.5 Å². The van der Waals surface area contributed by atoms with Crippen molar-refractivity contribution in [3.8, 4) is 0 Å². The predicted octanol–water partition coefficient (Wildman–Crippen LogP) is 1.55. The molecule has 1 aromatic rings. The predicted molar refractivity (Wildman–Crippen MR) is 77.3 cm³/mol. The van der Waals surface area contributed by atoms with E-state index in [0.717, 1.165) is 31.5 Å². The van der Waals surface area contributed by atoms with Crippen molar-refractivity contribution in [1.82, 2.24) is 14.7 Å². The first-order valence-corrected chi connectivity index (χ1v) is 7.18. The molecule has 0 unspecified atom stereocenters. The molecule has 5 nitrogen and oxygen atoms in total. The zero-order valence-corrected chi connectivity index (χ0v) is 12.2. The molecule has 1 aliphatic rings. The molecule has 0 spiro atoms. The summed E-state index contributed by atoms with van der Waals surface area (Å²) in [4.78, 5) is 13.9. The molecule has 1 fully saturated rings. The highest BCUT2D eigenvalue weighted by Gasteiger charge is 2.24. The van der Waals surface area contributed by atoms with Crippen molar-refractivity contribution >= 4 is 5.91 Å². The van der Waals surface area contributed by atoms with E-state index >= 15 is 0 Å². The number of aromatic nitrogens is 2. The fourth-order valence-corrected chi connectivity index (χ4v) is 2.71. The fraction of sp³-hybridized carbons (Fsp3) is 0.600. The Morgan fingerprint density at radius 2 is 2.15 bits per heavy atom. The van der Waals surface area contributed by atoms with Crippen molar-refractivity contribution in [2.75, 3.05) is 19.7 Å². The topological polar surface area (TPSA) is 58.4 Å². The molecule has 1 amide bonds. The van der Waals surface area contributed by atoms with Crippen LogP contribution in [0.5, 0.6) is 0 Å². The molecular formula is C15H23N3O2. The van der Waals surface area contributed by atoms with E-state index in [1.54, 1.807) is 12.3 Å². The van der Waals surface area contributed by atoms with E-state index in [1.165, 1.54) is 5.69 Å². The van der Waals surface area contributed by atoms with Gasteiger partial charge in [0.1, 0.15) is 0 Å². The summed E-state index contributed by atoms with van der Waals surface area (Å²) in [6, 6.07) is 2.02. The summed E-state index contributed by atoms with van der Waals surface area (Å²) in [5, 5.41) is 13.3. The molecule has 0 bridgehead atoms. The number of aliphatic hydroxyl groups is 1. The van der Waals surface area contributed by atoms with Crippen LogP contribution >= 0.6 is 0 Å². The molecule has 110 valence electrons. The quantitative estimate of drug-likeness (QED) is 0.849. The van der Waals surface area contributed by atoms with Crippen molar-refractivity contribution in [3.63, 3.8) is 0 Å². The van der Waals surface area contributed by atoms with Crippen molar-refractivity contribution in [2.45, 2.75) is 39.2 Å². The van der Waals surface area contributed by atoms with Gasteiger partial charge in [0.05, 0.1) is 13.2 Å². The monoisotopic (exact) mass is 277 g/mol. The largest absolute Gasteiger partial charge is 0.394 e. The van der Waals surface area contributed by atoms with Gasteiger partial charge in [-0.25, -0.2) is 0 Å². The number of carbonyl (C=O) groups excluding carboxylic acids is 1. The minimum Gasteiger partial charge on any atom is -0.394 e.